The van der Waals surface area contributed by atoms with E-state index in [0.717, 1.165) is 17.6 Å². The Balaban J connectivity index is 2.28. The van der Waals surface area contributed by atoms with Crippen LogP contribution in [0, 0.1) is 5.82 Å². The van der Waals surface area contributed by atoms with Crippen LogP contribution in [0.25, 0.3) is 0 Å². The maximum absolute atomic E-state index is 14.0. The Morgan fingerprint density at radius 3 is 2.71 bits per heavy atom. The molecular formula is C17H18BrClFN. The lowest BCUT2D eigenvalue weighted by Crippen LogP contribution is -2.23. The van der Waals surface area contributed by atoms with Crippen LogP contribution in [0.15, 0.2) is 46.9 Å². The summed E-state index contributed by atoms with van der Waals surface area (Å²) >= 11 is 9.58. The van der Waals surface area contributed by atoms with Gasteiger partial charge in [0.15, 0.2) is 0 Å². The topological polar surface area (TPSA) is 12.0 Å². The van der Waals surface area contributed by atoms with Crippen molar-refractivity contribution in [1.82, 2.24) is 5.32 Å². The Morgan fingerprint density at radius 1 is 1.24 bits per heavy atom. The summed E-state index contributed by atoms with van der Waals surface area (Å²) in [5.74, 6) is -0.0126. The highest BCUT2D eigenvalue weighted by Gasteiger charge is 2.17. The van der Waals surface area contributed by atoms with E-state index in [1.54, 1.807) is 12.1 Å². The predicted octanol–water partition coefficient (Wildman–Crippen LogP) is 5.18. The van der Waals surface area contributed by atoms with Gasteiger partial charge in [-0.25, -0.2) is 4.39 Å². The van der Waals surface area contributed by atoms with E-state index >= 15 is 0 Å². The van der Waals surface area contributed by atoms with Crippen LogP contribution in [0.1, 0.15) is 24.0 Å². The van der Waals surface area contributed by atoms with E-state index in [0.29, 0.717) is 17.0 Å². The van der Waals surface area contributed by atoms with E-state index in [4.69, 9.17) is 11.6 Å². The average molecular weight is 371 g/mol. The number of benzene rings is 2. The highest BCUT2D eigenvalue weighted by atomic mass is 79.9. The molecular weight excluding hydrogens is 353 g/mol. The molecule has 0 saturated carbocycles. The molecule has 4 heteroatoms. The second-order valence-electron chi connectivity index (χ2n) is 4.97. The molecule has 112 valence electrons. The van der Waals surface area contributed by atoms with E-state index in [2.05, 4.69) is 34.2 Å². The molecule has 0 aromatic heterocycles. The van der Waals surface area contributed by atoms with Gasteiger partial charge in [0.25, 0.3) is 0 Å². The van der Waals surface area contributed by atoms with Gasteiger partial charge in [0.1, 0.15) is 5.82 Å². The van der Waals surface area contributed by atoms with Crippen molar-refractivity contribution in [3.63, 3.8) is 0 Å². The molecule has 1 unspecified atom stereocenters. The summed E-state index contributed by atoms with van der Waals surface area (Å²) < 4.78 is 15.0. The van der Waals surface area contributed by atoms with Crippen molar-refractivity contribution in [3.05, 3.63) is 68.9 Å². The first-order chi connectivity index (χ1) is 10.1. The van der Waals surface area contributed by atoms with Crippen molar-refractivity contribution in [2.75, 3.05) is 13.1 Å². The number of rotatable bonds is 6. The summed E-state index contributed by atoms with van der Waals surface area (Å²) in [5.41, 5.74) is 1.83. The molecule has 1 nitrogen and oxygen atoms in total. The summed E-state index contributed by atoms with van der Waals surface area (Å²) in [6.45, 7) is 3.75. The largest absolute Gasteiger partial charge is 0.316 e. The number of likely N-dealkylation sites (N-methyl/N-ethyl adjacent to an activating group) is 1. The van der Waals surface area contributed by atoms with Crippen LogP contribution in [-0.4, -0.2) is 13.1 Å². The Bertz CT molecular complexity index is 603. The third kappa shape index (κ3) is 4.53. The van der Waals surface area contributed by atoms with E-state index in [-0.39, 0.29) is 11.7 Å². The lowest BCUT2D eigenvalue weighted by molar-refractivity contribution is 0.561. The average Bonchev–Trinajstić information content (AvgIpc) is 2.48. The van der Waals surface area contributed by atoms with Crippen molar-refractivity contribution >= 4 is 27.5 Å². The minimum Gasteiger partial charge on any atom is -0.316 e. The van der Waals surface area contributed by atoms with Gasteiger partial charge in [-0.15, -0.1) is 0 Å². The first-order valence-corrected chi connectivity index (χ1v) is 8.18. The van der Waals surface area contributed by atoms with Gasteiger partial charge in [-0.05, 0) is 48.4 Å². The highest BCUT2D eigenvalue weighted by molar-refractivity contribution is 9.10. The summed E-state index contributed by atoms with van der Waals surface area (Å²) in [7, 11) is 0. The smallest absolute Gasteiger partial charge is 0.126 e. The molecule has 0 aliphatic heterocycles. The fourth-order valence-corrected chi connectivity index (χ4v) is 3.19. The summed E-state index contributed by atoms with van der Waals surface area (Å²) in [6, 6.07) is 12.8. The third-order valence-electron chi connectivity index (χ3n) is 3.46. The quantitative estimate of drug-likeness (QED) is 0.739. The Hall–Kier alpha value is -0.900. The first-order valence-electron chi connectivity index (χ1n) is 7.01. The van der Waals surface area contributed by atoms with Gasteiger partial charge in [-0.3, -0.25) is 0 Å². The van der Waals surface area contributed by atoms with E-state index in [1.807, 2.05) is 18.2 Å². The third-order valence-corrected chi connectivity index (χ3v) is 4.42. The number of hydrogen-bond acceptors (Lipinski definition) is 1. The lowest BCUT2D eigenvalue weighted by atomic mass is 9.91. The molecule has 2 rings (SSSR count). The van der Waals surface area contributed by atoms with Crippen LogP contribution in [0.5, 0.6) is 0 Å². The number of halogens is 3. The van der Waals surface area contributed by atoms with Gasteiger partial charge in [-0.1, -0.05) is 52.7 Å². The highest BCUT2D eigenvalue weighted by Crippen LogP contribution is 2.29. The molecule has 1 atom stereocenters. The minimum atomic E-state index is -0.201. The Kier molecular flexibility index (Phi) is 6.22. The van der Waals surface area contributed by atoms with Crippen LogP contribution in [0.3, 0.4) is 0 Å². The maximum atomic E-state index is 14.0. The Labute approximate surface area is 138 Å². The van der Waals surface area contributed by atoms with Crippen molar-refractivity contribution in [1.29, 1.82) is 0 Å². The first kappa shape index (κ1) is 16.5. The molecule has 0 amide bonds. The molecule has 0 heterocycles. The van der Waals surface area contributed by atoms with E-state index < -0.39 is 0 Å². The standard InChI is InChI=1S/C17H18BrClFN/c1-2-21-11-13(15-5-3-4-6-16(15)18)9-12-10-14(19)7-8-17(12)20/h3-8,10,13,21H,2,9,11H2,1H3. The van der Waals surface area contributed by atoms with Crippen LogP contribution >= 0.6 is 27.5 Å². The molecule has 0 aliphatic carbocycles. The second-order valence-corrected chi connectivity index (χ2v) is 6.26. The van der Waals surface area contributed by atoms with Gasteiger partial charge in [0, 0.05) is 22.0 Å². The minimum absolute atomic E-state index is 0.188. The zero-order valence-electron chi connectivity index (χ0n) is 11.9. The molecule has 2 aromatic carbocycles. The monoisotopic (exact) mass is 369 g/mol. The number of hydrogen-bond donors (Lipinski definition) is 1. The normalized spacial score (nSPS) is 12.4. The van der Waals surface area contributed by atoms with Gasteiger partial charge < -0.3 is 5.32 Å². The predicted molar refractivity (Wildman–Crippen MR) is 90.5 cm³/mol. The molecule has 0 radical (unpaired) electrons. The molecule has 1 N–H and O–H groups in total. The van der Waals surface area contributed by atoms with Gasteiger partial charge in [-0.2, -0.15) is 0 Å². The SMILES string of the molecule is CCNCC(Cc1cc(Cl)ccc1F)c1ccccc1Br. The van der Waals surface area contributed by atoms with Crippen LogP contribution in [-0.2, 0) is 6.42 Å². The molecule has 0 saturated heterocycles. The summed E-state index contributed by atoms with van der Waals surface area (Å²) in [6.07, 6.45) is 0.613. The second kappa shape index (κ2) is 7.92. The molecule has 0 bridgehead atoms. The van der Waals surface area contributed by atoms with Crippen LogP contribution in [0.4, 0.5) is 4.39 Å². The van der Waals surface area contributed by atoms with Crippen LogP contribution < -0.4 is 5.32 Å². The van der Waals surface area contributed by atoms with Gasteiger partial charge >= 0.3 is 0 Å². The van der Waals surface area contributed by atoms with Gasteiger partial charge in [0.05, 0.1) is 0 Å². The van der Waals surface area contributed by atoms with Crippen molar-refractivity contribution in [3.8, 4) is 0 Å². The molecule has 0 spiro atoms. The zero-order chi connectivity index (χ0) is 15.2. The number of nitrogens with one attached hydrogen (secondary N) is 1. The molecule has 0 aliphatic rings. The van der Waals surface area contributed by atoms with Crippen molar-refractivity contribution in [2.45, 2.75) is 19.3 Å². The molecule has 0 fully saturated rings. The fourth-order valence-electron chi connectivity index (χ4n) is 2.38. The van der Waals surface area contributed by atoms with Crippen molar-refractivity contribution in [2.24, 2.45) is 0 Å². The lowest BCUT2D eigenvalue weighted by Gasteiger charge is -2.20. The maximum Gasteiger partial charge on any atom is 0.126 e. The molecule has 2 aromatic rings. The van der Waals surface area contributed by atoms with Crippen LogP contribution in [0.2, 0.25) is 5.02 Å². The Morgan fingerprint density at radius 2 is 2.00 bits per heavy atom. The summed E-state index contributed by atoms with van der Waals surface area (Å²) in [5, 5.41) is 3.92. The van der Waals surface area contributed by atoms with E-state index in [1.165, 1.54) is 11.6 Å². The summed E-state index contributed by atoms with van der Waals surface area (Å²) in [4.78, 5) is 0. The fraction of sp³-hybridized carbons (Fsp3) is 0.294. The van der Waals surface area contributed by atoms with E-state index in [9.17, 15) is 4.39 Å². The van der Waals surface area contributed by atoms with Gasteiger partial charge in [0.2, 0.25) is 0 Å². The zero-order valence-corrected chi connectivity index (χ0v) is 14.2. The molecule has 21 heavy (non-hydrogen) atoms. The van der Waals surface area contributed by atoms with Crippen molar-refractivity contribution < 1.29 is 4.39 Å².